The van der Waals surface area contributed by atoms with Gasteiger partial charge in [-0.1, -0.05) is 43.2 Å². The van der Waals surface area contributed by atoms with E-state index in [0.717, 1.165) is 31.2 Å². The van der Waals surface area contributed by atoms with Crippen LogP contribution in [0.5, 0.6) is 5.75 Å². The molecule has 1 heterocycles. The normalized spacial score (nSPS) is 21.7. The minimum atomic E-state index is -1.20. The molecule has 4 rings (SSSR count). The van der Waals surface area contributed by atoms with Crippen LogP contribution in [0.15, 0.2) is 54.6 Å². The van der Waals surface area contributed by atoms with E-state index in [0.29, 0.717) is 11.4 Å². The van der Waals surface area contributed by atoms with Gasteiger partial charge >= 0.3 is 0 Å². The van der Waals surface area contributed by atoms with Crippen LogP contribution in [-0.2, 0) is 9.59 Å². The van der Waals surface area contributed by atoms with Gasteiger partial charge in [0.05, 0.1) is 13.5 Å². The Morgan fingerprint density at radius 3 is 2.67 bits per heavy atom. The summed E-state index contributed by atoms with van der Waals surface area (Å²) in [6, 6.07) is 13.4. The van der Waals surface area contributed by atoms with Crippen molar-refractivity contribution in [2.75, 3.05) is 12.0 Å². The van der Waals surface area contributed by atoms with Gasteiger partial charge in [0, 0.05) is 17.3 Å². The highest BCUT2D eigenvalue weighted by atomic mass is 19.1. The van der Waals surface area contributed by atoms with E-state index >= 15 is 0 Å². The van der Waals surface area contributed by atoms with E-state index in [9.17, 15) is 14.0 Å². The van der Waals surface area contributed by atoms with Crippen LogP contribution < -0.4 is 15.0 Å². The quantitative estimate of drug-likeness (QED) is 0.733. The molecule has 1 saturated carbocycles. The van der Waals surface area contributed by atoms with Crippen LogP contribution in [0.2, 0.25) is 0 Å². The van der Waals surface area contributed by atoms with Crippen molar-refractivity contribution in [1.29, 1.82) is 0 Å². The molecule has 30 heavy (non-hydrogen) atoms. The molecular weight excluding hydrogens is 383 g/mol. The lowest BCUT2D eigenvalue weighted by molar-refractivity contribution is -0.137. The van der Waals surface area contributed by atoms with Gasteiger partial charge in [-0.15, -0.1) is 0 Å². The van der Waals surface area contributed by atoms with E-state index in [4.69, 9.17) is 4.74 Å². The van der Waals surface area contributed by atoms with Gasteiger partial charge in [-0.3, -0.25) is 14.5 Å². The molecule has 5 nitrogen and oxygen atoms in total. The molecule has 1 atom stereocenters. The van der Waals surface area contributed by atoms with Crippen molar-refractivity contribution in [2.24, 2.45) is 0 Å². The molecule has 1 aliphatic heterocycles. The van der Waals surface area contributed by atoms with Gasteiger partial charge < -0.3 is 10.1 Å². The van der Waals surface area contributed by atoms with E-state index < -0.39 is 11.4 Å². The second-order valence-corrected chi connectivity index (χ2v) is 7.84. The van der Waals surface area contributed by atoms with E-state index in [1.807, 2.05) is 24.3 Å². The van der Waals surface area contributed by atoms with Crippen molar-refractivity contribution in [3.05, 3.63) is 66.0 Å². The van der Waals surface area contributed by atoms with E-state index in [1.54, 1.807) is 31.4 Å². The molecular formula is C24H25FN2O3. The maximum absolute atomic E-state index is 13.9. The van der Waals surface area contributed by atoms with Crippen molar-refractivity contribution in [2.45, 2.75) is 43.7 Å². The highest BCUT2D eigenvalue weighted by molar-refractivity contribution is 6.15. The average molecular weight is 408 g/mol. The summed E-state index contributed by atoms with van der Waals surface area (Å²) < 4.78 is 19.3. The molecule has 0 bridgehead atoms. The number of para-hydroxylation sites is 1. The minimum Gasteiger partial charge on any atom is -0.496 e. The molecule has 2 aromatic rings. The zero-order valence-corrected chi connectivity index (χ0v) is 16.9. The molecule has 156 valence electrons. The SMILES string of the molecule is COc1ccccc1C=CC1(C(=O)NC2CCCC2)CC(=O)N1c1cccc(F)c1. The number of hydrogen-bond acceptors (Lipinski definition) is 3. The zero-order valence-electron chi connectivity index (χ0n) is 16.9. The maximum atomic E-state index is 13.9. The highest BCUT2D eigenvalue weighted by Crippen LogP contribution is 2.40. The number of carbonyl (C=O) groups excluding carboxylic acids is 2. The average Bonchev–Trinajstić information content (AvgIpc) is 3.24. The first kappa shape index (κ1) is 20.1. The summed E-state index contributed by atoms with van der Waals surface area (Å²) in [4.78, 5) is 27.4. The van der Waals surface area contributed by atoms with Crippen LogP contribution in [0.25, 0.3) is 6.08 Å². The monoisotopic (exact) mass is 408 g/mol. The van der Waals surface area contributed by atoms with Crippen LogP contribution in [0.3, 0.4) is 0 Å². The summed E-state index contributed by atoms with van der Waals surface area (Å²) in [6.45, 7) is 0. The van der Waals surface area contributed by atoms with Gasteiger partial charge in [0.2, 0.25) is 5.91 Å². The predicted octanol–water partition coefficient (Wildman–Crippen LogP) is 4.08. The third-order valence-corrected chi connectivity index (χ3v) is 5.90. The lowest BCUT2D eigenvalue weighted by Crippen LogP contribution is -2.70. The lowest BCUT2D eigenvalue weighted by atomic mass is 9.80. The number of nitrogens with zero attached hydrogens (tertiary/aromatic N) is 1. The number of benzene rings is 2. The number of rotatable bonds is 6. The van der Waals surface area contributed by atoms with Gasteiger partial charge in [0.15, 0.2) is 5.54 Å². The van der Waals surface area contributed by atoms with Crippen molar-refractivity contribution in [1.82, 2.24) is 5.32 Å². The Hall–Kier alpha value is -3.15. The summed E-state index contributed by atoms with van der Waals surface area (Å²) >= 11 is 0. The molecule has 0 spiro atoms. The standard InChI is InChI=1S/C24H25FN2O3/c1-30-21-12-5-2-7-17(21)13-14-24(23(29)26-19-9-3-4-10-19)16-22(28)27(24)20-11-6-8-18(25)15-20/h2,5-8,11-15,19H,3-4,9-10,16H2,1H3,(H,26,29). The second kappa shape index (κ2) is 8.30. The van der Waals surface area contributed by atoms with Gasteiger partial charge in [0.1, 0.15) is 11.6 Å². The minimum absolute atomic E-state index is 0.0354. The molecule has 0 radical (unpaired) electrons. The van der Waals surface area contributed by atoms with Crippen molar-refractivity contribution >= 4 is 23.6 Å². The summed E-state index contributed by atoms with van der Waals surface area (Å²) in [5.74, 6) is -0.231. The summed E-state index contributed by atoms with van der Waals surface area (Å²) in [5, 5.41) is 3.11. The van der Waals surface area contributed by atoms with Crippen molar-refractivity contribution in [3.8, 4) is 5.75 Å². The molecule has 1 saturated heterocycles. The zero-order chi connectivity index (χ0) is 21.1. The Kier molecular flexibility index (Phi) is 5.57. The molecule has 2 aliphatic rings. The van der Waals surface area contributed by atoms with Crippen LogP contribution >= 0.6 is 0 Å². The summed E-state index contributed by atoms with van der Waals surface area (Å²) in [5.41, 5.74) is -0.0296. The Morgan fingerprint density at radius 1 is 1.20 bits per heavy atom. The number of halogens is 1. The Labute approximate surface area is 175 Å². The van der Waals surface area contributed by atoms with Crippen LogP contribution in [-0.4, -0.2) is 30.5 Å². The molecule has 1 N–H and O–H groups in total. The molecule has 0 aromatic heterocycles. The summed E-state index contributed by atoms with van der Waals surface area (Å²) in [7, 11) is 1.58. The number of nitrogens with one attached hydrogen (secondary N) is 1. The fourth-order valence-electron chi connectivity index (χ4n) is 4.31. The van der Waals surface area contributed by atoms with E-state index in [2.05, 4.69) is 5.32 Å². The number of anilines is 1. The predicted molar refractivity (Wildman–Crippen MR) is 114 cm³/mol. The fourth-order valence-corrected chi connectivity index (χ4v) is 4.31. The molecule has 2 amide bonds. The number of β-lactam (4-membered cyclic amide) rings is 1. The maximum Gasteiger partial charge on any atom is 0.251 e. The first-order valence-electron chi connectivity index (χ1n) is 10.3. The lowest BCUT2D eigenvalue weighted by Gasteiger charge is -2.49. The molecule has 1 unspecified atom stereocenters. The number of hydrogen-bond donors (Lipinski definition) is 1. The van der Waals surface area contributed by atoms with Gasteiger partial charge in [-0.25, -0.2) is 4.39 Å². The van der Waals surface area contributed by atoms with Crippen LogP contribution in [0.4, 0.5) is 10.1 Å². The molecule has 6 heteroatoms. The van der Waals surface area contributed by atoms with Crippen LogP contribution in [0, 0.1) is 5.82 Å². The highest BCUT2D eigenvalue weighted by Gasteiger charge is 2.56. The number of carbonyl (C=O) groups is 2. The third kappa shape index (κ3) is 3.70. The number of ether oxygens (including phenoxy) is 1. The Bertz CT molecular complexity index is 984. The Morgan fingerprint density at radius 2 is 1.97 bits per heavy atom. The van der Waals surface area contributed by atoms with Crippen molar-refractivity contribution < 1.29 is 18.7 Å². The first-order valence-corrected chi connectivity index (χ1v) is 10.3. The fraction of sp³-hybridized carbons (Fsp3) is 0.333. The van der Waals surface area contributed by atoms with E-state index in [1.165, 1.54) is 17.0 Å². The summed E-state index contributed by atoms with van der Waals surface area (Å²) in [6.07, 6.45) is 7.61. The largest absolute Gasteiger partial charge is 0.496 e. The number of methoxy groups -OCH3 is 1. The Balaban J connectivity index is 1.72. The number of amides is 2. The third-order valence-electron chi connectivity index (χ3n) is 5.90. The van der Waals surface area contributed by atoms with Crippen LogP contribution in [0.1, 0.15) is 37.7 Å². The van der Waals surface area contributed by atoms with Crippen molar-refractivity contribution in [3.63, 3.8) is 0 Å². The molecule has 2 aromatic carbocycles. The van der Waals surface area contributed by atoms with E-state index in [-0.39, 0.29) is 24.3 Å². The smallest absolute Gasteiger partial charge is 0.251 e. The van der Waals surface area contributed by atoms with Gasteiger partial charge in [0.25, 0.3) is 5.91 Å². The van der Waals surface area contributed by atoms with Gasteiger partial charge in [-0.05, 0) is 43.2 Å². The second-order valence-electron chi connectivity index (χ2n) is 7.84. The van der Waals surface area contributed by atoms with Gasteiger partial charge in [-0.2, -0.15) is 0 Å². The first-order chi connectivity index (χ1) is 14.5. The molecule has 1 aliphatic carbocycles. The topological polar surface area (TPSA) is 58.6 Å². The molecule has 2 fully saturated rings.